The molecule has 1 saturated heterocycles. The van der Waals surface area contributed by atoms with Gasteiger partial charge >= 0.3 is 0 Å². The molecule has 0 aliphatic carbocycles. The largest absolute Gasteiger partial charge is 0.492 e. The van der Waals surface area contributed by atoms with Gasteiger partial charge in [-0.1, -0.05) is 15.9 Å². The number of ether oxygens (including phenoxy) is 2. The molecule has 104 valence electrons. The van der Waals surface area contributed by atoms with Gasteiger partial charge in [0.1, 0.15) is 11.9 Å². The standard InChI is InChI=1S/C13H17BrN2O3/c1-2-18-11-4-3-9(14)7-10(11)16-13(17)12-8-15-5-6-19-12/h3-4,7,12,15H,2,5-6,8H2,1H3,(H,16,17). The Hall–Kier alpha value is -1.11. The fraction of sp³-hybridized carbons (Fsp3) is 0.462. The molecule has 1 aromatic rings. The van der Waals surface area contributed by atoms with Gasteiger partial charge in [0.25, 0.3) is 5.91 Å². The van der Waals surface area contributed by atoms with Crippen LogP contribution in [0.15, 0.2) is 22.7 Å². The van der Waals surface area contributed by atoms with Gasteiger partial charge in [0.2, 0.25) is 0 Å². The first-order chi connectivity index (χ1) is 9.20. The van der Waals surface area contributed by atoms with Crippen LogP contribution in [0.1, 0.15) is 6.92 Å². The van der Waals surface area contributed by atoms with Gasteiger partial charge in [-0.05, 0) is 25.1 Å². The average Bonchev–Trinajstić information content (AvgIpc) is 2.43. The third-order valence-electron chi connectivity index (χ3n) is 2.72. The maximum atomic E-state index is 12.1. The van der Waals surface area contributed by atoms with Crippen molar-refractivity contribution in [2.45, 2.75) is 13.0 Å². The van der Waals surface area contributed by atoms with Crippen molar-refractivity contribution in [3.05, 3.63) is 22.7 Å². The fourth-order valence-electron chi connectivity index (χ4n) is 1.83. The van der Waals surface area contributed by atoms with Crippen LogP contribution in [0.2, 0.25) is 0 Å². The summed E-state index contributed by atoms with van der Waals surface area (Å²) in [5.74, 6) is 0.495. The molecule has 2 rings (SSSR count). The Kier molecular flexibility index (Phi) is 5.18. The van der Waals surface area contributed by atoms with Gasteiger partial charge < -0.3 is 20.1 Å². The third-order valence-corrected chi connectivity index (χ3v) is 3.21. The van der Waals surface area contributed by atoms with Crippen LogP contribution in [0.4, 0.5) is 5.69 Å². The van der Waals surface area contributed by atoms with E-state index in [0.717, 1.165) is 11.0 Å². The van der Waals surface area contributed by atoms with Gasteiger partial charge in [-0.3, -0.25) is 4.79 Å². The maximum absolute atomic E-state index is 12.1. The Morgan fingerprint density at radius 3 is 3.16 bits per heavy atom. The molecule has 5 nitrogen and oxygen atoms in total. The first-order valence-electron chi connectivity index (χ1n) is 6.26. The second-order valence-electron chi connectivity index (χ2n) is 4.13. The summed E-state index contributed by atoms with van der Waals surface area (Å²) in [6.07, 6.45) is -0.456. The quantitative estimate of drug-likeness (QED) is 0.884. The van der Waals surface area contributed by atoms with Crippen molar-refractivity contribution in [2.75, 3.05) is 31.6 Å². The van der Waals surface area contributed by atoms with E-state index in [1.54, 1.807) is 0 Å². The van der Waals surface area contributed by atoms with E-state index >= 15 is 0 Å². The number of hydrogen-bond acceptors (Lipinski definition) is 4. The summed E-state index contributed by atoms with van der Waals surface area (Å²) in [5.41, 5.74) is 0.649. The molecule has 19 heavy (non-hydrogen) atoms. The predicted octanol–water partition coefficient (Wildman–Crippen LogP) is 1.77. The number of nitrogens with one attached hydrogen (secondary N) is 2. The number of amides is 1. The number of benzene rings is 1. The van der Waals surface area contributed by atoms with Gasteiger partial charge in [0.15, 0.2) is 0 Å². The molecule has 0 saturated carbocycles. The van der Waals surface area contributed by atoms with Gasteiger partial charge in [0.05, 0.1) is 18.9 Å². The van der Waals surface area contributed by atoms with Gasteiger partial charge in [0, 0.05) is 17.6 Å². The second kappa shape index (κ2) is 6.88. The summed E-state index contributed by atoms with van der Waals surface area (Å²) in [6.45, 7) is 4.32. The molecule has 1 fully saturated rings. The number of carbonyl (C=O) groups excluding carboxylic acids is 1. The molecule has 1 heterocycles. The number of halogens is 1. The number of morpholine rings is 1. The number of hydrogen-bond donors (Lipinski definition) is 2. The van der Waals surface area contributed by atoms with Crippen molar-refractivity contribution < 1.29 is 14.3 Å². The average molecular weight is 329 g/mol. The molecule has 0 bridgehead atoms. The number of carbonyl (C=O) groups is 1. The second-order valence-corrected chi connectivity index (χ2v) is 5.04. The highest BCUT2D eigenvalue weighted by atomic mass is 79.9. The van der Waals surface area contributed by atoms with Crippen LogP contribution < -0.4 is 15.4 Å². The van der Waals surface area contributed by atoms with Crippen LogP contribution in [0.5, 0.6) is 5.75 Å². The van der Waals surface area contributed by atoms with E-state index < -0.39 is 6.10 Å². The van der Waals surface area contributed by atoms with E-state index in [1.165, 1.54) is 0 Å². The Morgan fingerprint density at radius 1 is 1.63 bits per heavy atom. The van der Waals surface area contributed by atoms with Crippen molar-refractivity contribution in [1.29, 1.82) is 0 Å². The SMILES string of the molecule is CCOc1ccc(Br)cc1NC(=O)C1CNCCO1. The normalized spacial score (nSPS) is 18.9. The topological polar surface area (TPSA) is 59.6 Å². The molecule has 6 heteroatoms. The highest BCUT2D eigenvalue weighted by Gasteiger charge is 2.22. The van der Waals surface area contributed by atoms with E-state index in [9.17, 15) is 4.79 Å². The minimum Gasteiger partial charge on any atom is -0.492 e. The monoisotopic (exact) mass is 328 g/mol. The minimum absolute atomic E-state index is 0.161. The van der Waals surface area contributed by atoms with Crippen molar-refractivity contribution in [2.24, 2.45) is 0 Å². The molecule has 0 spiro atoms. The lowest BCUT2D eigenvalue weighted by Crippen LogP contribution is -2.45. The summed E-state index contributed by atoms with van der Waals surface area (Å²) in [7, 11) is 0. The van der Waals surface area contributed by atoms with E-state index in [0.29, 0.717) is 31.2 Å². The van der Waals surface area contributed by atoms with Crippen molar-refractivity contribution in [3.63, 3.8) is 0 Å². The lowest BCUT2D eigenvalue weighted by Gasteiger charge is -2.23. The lowest BCUT2D eigenvalue weighted by atomic mass is 10.2. The number of rotatable bonds is 4. The molecule has 2 N–H and O–H groups in total. The highest BCUT2D eigenvalue weighted by molar-refractivity contribution is 9.10. The molecule has 1 atom stereocenters. The first-order valence-corrected chi connectivity index (χ1v) is 7.05. The van der Waals surface area contributed by atoms with E-state index in [2.05, 4.69) is 26.6 Å². The van der Waals surface area contributed by atoms with Crippen LogP contribution in [-0.4, -0.2) is 38.3 Å². The summed E-state index contributed by atoms with van der Waals surface area (Å²) < 4.78 is 11.8. The zero-order chi connectivity index (χ0) is 13.7. The molecule has 1 aromatic carbocycles. The molecule has 0 radical (unpaired) electrons. The van der Waals surface area contributed by atoms with Gasteiger partial charge in [-0.25, -0.2) is 0 Å². The Balaban J connectivity index is 2.08. The first kappa shape index (κ1) is 14.3. The van der Waals surface area contributed by atoms with Crippen LogP contribution in [0.3, 0.4) is 0 Å². The Labute approximate surface area is 120 Å². The molecule has 1 amide bonds. The van der Waals surface area contributed by atoms with Crippen molar-refractivity contribution in [3.8, 4) is 5.75 Å². The zero-order valence-corrected chi connectivity index (χ0v) is 12.3. The molecule has 1 aliphatic heterocycles. The third kappa shape index (κ3) is 3.92. The molecule has 1 aliphatic rings. The number of anilines is 1. The summed E-state index contributed by atoms with van der Waals surface area (Å²) in [4.78, 5) is 12.1. The van der Waals surface area contributed by atoms with Crippen LogP contribution in [0, 0.1) is 0 Å². The fourth-order valence-corrected chi connectivity index (χ4v) is 2.19. The summed E-state index contributed by atoms with van der Waals surface area (Å²) in [5, 5.41) is 5.97. The van der Waals surface area contributed by atoms with Gasteiger partial charge in [-0.15, -0.1) is 0 Å². The van der Waals surface area contributed by atoms with Crippen LogP contribution >= 0.6 is 15.9 Å². The van der Waals surface area contributed by atoms with Crippen molar-refractivity contribution >= 4 is 27.5 Å². The van der Waals surface area contributed by atoms with E-state index in [1.807, 2.05) is 25.1 Å². The van der Waals surface area contributed by atoms with Gasteiger partial charge in [-0.2, -0.15) is 0 Å². The summed E-state index contributed by atoms with van der Waals surface area (Å²) >= 11 is 3.38. The molecule has 1 unspecified atom stereocenters. The highest BCUT2D eigenvalue weighted by Crippen LogP contribution is 2.28. The van der Waals surface area contributed by atoms with Crippen molar-refractivity contribution in [1.82, 2.24) is 5.32 Å². The smallest absolute Gasteiger partial charge is 0.254 e. The molecule has 0 aromatic heterocycles. The Bertz CT molecular complexity index is 448. The zero-order valence-electron chi connectivity index (χ0n) is 10.7. The van der Waals surface area contributed by atoms with E-state index in [4.69, 9.17) is 9.47 Å². The predicted molar refractivity (Wildman–Crippen MR) is 76.6 cm³/mol. The minimum atomic E-state index is -0.456. The molecular weight excluding hydrogens is 312 g/mol. The summed E-state index contributed by atoms with van der Waals surface area (Å²) in [6, 6.07) is 5.52. The van der Waals surface area contributed by atoms with E-state index in [-0.39, 0.29) is 5.91 Å². The molecular formula is C13H17BrN2O3. The maximum Gasteiger partial charge on any atom is 0.254 e. The Morgan fingerprint density at radius 2 is 2.47 bits per heavy atom. The van der Waals surface area contributed by atoms with Crippen LogP contribution in [0.25, 0.3) is 0 Å². The van der Waals surface area contributed by atoms with Crippen LogP contribution in [-0.2, 0) is 9.53 Å². The lowest BCUT2D eigenvalue weighted by molar-refractivity contribution is -0.128.